The zero-order chi connectivity index (χ0) is 12.6. The molecule has 6 heteroatoms. The highest BCUT2D eigenvalue weighted by atomic mass is 19.2. The molecular formula is C11H10F3NO2. The fourth-order valence-corrected chi connectivity index (χ4v) is 1.83. The van der Waals surface area contributed by atoms with E-state index in [9.17, 15) is 18.0 Å². The number of aliphatic carboxylic acids is 1. The lowest BCUT2D eigenvalue weighted by molar-refractivity contribution is -0.144. The maximum absolute atomic E-state index is 13.3. The Balaban J connectivity index is 2.16. The average Bonchev–Trinajstić information content (AvgIpc) is 2.18. The van der Waals surface area contributed by atoms with Crippen LogP contribution in [0.1, 0.15) is 12.8 Å². The molecule has 17 heavy (non-hydrogen) atoms. The molecule has 1 fully saturated rings. The van der Waals surface area contributed by atoms with Gasteiger partial charge in [0.25, 0.3) is 0 Å². The van der Waals surface area contributed by atoms with E-state index in [-0.39, 0.29) is 5.69 Å². The molecule has 0 aliphatic heterocycles. The van der Waals surface area contributed by atoms with Gasteiger partial charge in [-0.1, -0.05) is 0 Å². The summed E-state index contributed by atoms with van der Waals surface area (Å²) in [4.78, 5) is 10.7. The van der Waals surface area contributed by atoms with Crippen molar-refractivity contribution in [1.82, 2.24) is 0 Å². The van der Waals surface area contributed by atoms with Crippen molar-refractivity contribution in [2.45, 2.75) is 18.9 Å². The van der Waals surface area contributed by atoms with E-state index in [1.54, 1.807) is 0 Å². The molecule has 92 valence electrons. The Morgan fingerprint density at radius 1 is 1.29 bits per heavy atom. The molecule has 1 aromatic carbocycles. The number of hydrogen-bond donors (Lipinski definition) is 2. The van der Waals surface area contributed by atoms with Gasteiger partial charge in [0.1, 0.15) is 5.82 Å². The van der Waals surface area contributed by atoms with E-state index in [4.69, 9.17) is 5.11 Å². The number of carboxylic acid groups (broad SMARTS) is 1. The summed E-state index contributed by atoms with van der Waals surface area (Å²) in [6.45, 7) is 0. The quantitative estimate of drug-likeness (QED) is 0.804. The highest BCUT2D eigenvalue weighted by Gasteiger charge is 2.37. The minimum Gasteiger partial charge on any atom is -0.481 e. The molecule has 0 radical (unpaired) electrons. The molecule has 1 aliphatic carbocycles. The van der Waals surface area contributed by atoms with Gasteiger partial charge < -0.3 is 10.4 Å². The van der Waals surface area contributed by atoms with Crippen molar-refractivity contribution >= 4 is 11.7 Å². The minimum atomic E-state index is -1.29. The summed E-state index contributed by atoms with van der Waals surface area (Å²) in [5.41, 5.74) is -0.335. The van der Waals surface area contributed by atoms with Gasteiger partial charge >= 0.3 is 5.97 Å². The van der Waals surface area contributed by atoms with Gasteiger partial charge in [0.15, 0.2) is 11.6 Å². The van der Waals surface area contributed by atoms with Gasteiger partial charge in [0, 0.05) is 18.2 Å². The lowest BCUT2D eigenvalue weighted by atomic mass is 9.79. The van der Waals surface area contributed by atoms with Crippen molar-refractivity contribution in [3.05, 3.63) is 29.6 Å². The number of benzene rings is 1. The van der Waals surface area contributed by atoms with Crippen LogP contribution >= 0.6 is 0 Å². The van der Waals surface area contributed by atoms with Crippen LogP contribution in [0.2, 0.25) is 0 Å². The summed E-state index contributed by atoms with van der Waals surface area (Å²) in [5.74, 6) is -5.02. The van der Waals surface area contributed by atoms with Gasteiger partial charge in [-0.3, -0.25) is 4.79 Å². The van der Waals surface area contributed by atoms with Gasteiger partial charge in [-0.2, -0.15) is 0 Å². The molecule has 0 spiro atoms. The highest BCUT2D eigenvalue weighted by molar-refractivity contribution is 5.73. The van der Waals surface area contributed by atoms with E-state index in [0.29, 0.717) is 18.9 Å². The fraction of sp³-hybridized carbons (Fsp3) is 0.364. The first-order chi connectivity index (χ1) is 7.99. The Bertz CT molecular complexity index is 464. The van der Waals surface area contributed by atoms with Gasteiger partial charge in [0.05, 0.1) is 11.6 Å². The molecule has 2 rings (SSSR count). The molecule has 1 aliphatic rings. The van der Waals surface area contributed by atoms with Gasteiger partial charge in [-0.25, -0.2) is 13.2 Å². The molecule has 0 amide bonds. The molecule has 2 unspecified atom stereocenters. The first kappa shape index (κ1) is 11.8. The van der Waals surface area contributed by atoms with Crippen LogP contribution in [0, 0.1) is 23.4 Å². The maximum Gasteiger partial charge on any atom is 0.308 e. The van der Waals surface area contributed by atoms with Crippen LogP contribution in [0.5, 0.6) is 0 Å². The maximum atomic E-state index is 13.3. The summed E-state index contributed by atoms with van der Waals surface area (Å²) in [6.07, 6.45) is 1.01. The predicted molar refractivity (Wildman–Crippen MR) is 54.1 cm³/mol. The van der Waals surface area contributed by atoms with E-state index >= 15 is 0 Å². The van der Waals surface area contributed by atoms with Gasteiger partial charge in [0.2, 0.25) is 0 Å². The Morgan fingerprint density at radius 3 is 2.53 bits per heavy atom. The molecular weight excluding hydrogens is 235 g/mol. The number of halogens is 3. The second-order valence-corrected chi connectivity index (χ2v) is 4.02. The summed E-state index contributed by atoms with van der Waals surface area (Å²) in [5, 5.41) is 11.3. The molecule has 0 bridgehead atoms. The van der Waals surface area contributed by atoms with E-state index in [0.717, 1.165) is 6.07 Å². The van der Waals surface area contributed by atoms with Crippen LogP contribution in [0.4, 0.5) is 18.9 Å². The third-order valence-electron chi connectivity index (χ3n) is 2.93. The molecule has 3 nitrogen and oxygen atoms in total. The number of carbonyl (C=O) groups is 1. The molecule has 0 saturated heterocycles. The number of anilines is 1. The monoisotopic (exact) mass is 245 g/mol. The Morgan fingerprint density at radius 2 is 2.00 bits per heavy atom. The van der Waals surface area contributed by atoms with Crippen molar-refractivity contribution in [3.63, 3.8) is 0 Å². The van der Waals surface area contributed by atoms with Crippen molar-refractivity contribution in [1.29, 1.82) is 0 Å². The van der Waals surface area contributed by atoms with Crippen LogP contribution in [0.3, 0.4) is 0 Å². The lowest BCUT2D eigenvalue weighted by Crippen LogP contribution is -2.43. The first-order valence-corrected chi connectivity index (χ1v) is 5.13. The fourth-order valence-electron chi connectivity index (χ4n) is 1.83. The van der Waals surface area contributed by atoms with Crippen LogP contribution in [0.15, 0.2) is 12.1 Å². The van der Waals surface area contributed by atoms with Gasteiger partial charge in [-0.15, -0.1) is 0 Å². The summed E-state index contributed by atoms with van der Waals surface area (Å²) < 4.78 is 39.0. The molecule has 0 heterocycles. The minimum absolute atomic E-state index is 0.335. The van der Waals surface area contributed by atoms with Crippen LogP contribution in [0.25, 0.3) is 0 Å². The molecule has 1 saturated carbocycles. The summed E-state index contributed by atoms with van der Waals surface area (Å²) in [6, 6.07) is 0.772. The molecule has 2 atom stereocenters. The number of carboxylic acids is 1. The molecule has 1 aromatic rings. The van der Waals surface area contributed by atoms with E-state index in [1.165, 1.54) is 0 Å². The topological polar surface area (TPSA) is 49.3 Å². The number of nitrogens with one attached hydrogen (secondary N) is 1. The number of rotatable bonds is 3. The average molecular weight is 245 g/mol. The lowest BCUT2D eigenvalue weighted by Gasteiger charge is -2.34. The van der Waals surface area contributed by atoms with Gasteiger partial charge in [-0.05, 0) is 12.8 Å². The second-order valence-electron chi connectivity index (χ2n) is 4.02. The van der Waals surface area contributed by atoms with Crippen molar-refractivity contribution in [3.8, 4) is 0 Å². The largest absolute Gasteiger partial charge is 0.481 e. The van der Waals surface area contributed by atoms with Crippen molar-refractivity contribution in [2.75, 3.05) is 5.32 Å². The smallest absolute Gasteiger partial charge is 0.308 e. The SMILES string of the molecule is O=C(O)C1CCC1Nc1cc(F)cc(F)c1F. The van der Waals surface area contributed by atoms with E-state index < -0.39 is 35.4 Å². The third-order valence-corrected chi connectivity index (χ3v) is 2.93. The number of hydrogen-bond acceptors (Lipinski definition) is 2. The normalized spacial score (nSPS) is 23.0. The third kappa shape index (κ3) is 2.20. The predicted octanol–water partition coefficient (Wildman–Crippen LogP) is 2.38. The van der Waals surface area contributed by atoms with Crippen molar-refractivity contribution < 1.29 is 23.1 Å². The molecule has 0 aromatic heterocycles. The summed E-state index contributed by atoms with van der Waals surface area (Å²) >= 11 is 0. The van der Waals surface area contributed by atoms with Crippen LogP contribution < -0.4 is 5.32 Å². The molecule has 2 N–H and O–H groups in total. The Labute approximate surface area is 95.3 Å². The first-order valence-electron chi connectivity index (χ1n) is 5.13. The second kappa shape index (κ2) is 4.27. The standard InChI is InChI=1S/C11H10F3NO2/c12-5-3-7(13)10(14)9(4-5)15-8-2-1-6(8)11(16)17/h3-4,6,8,15H,1-2H2,(H,16,17). The Kier molecular flexibility index (Phi) is 2.95. The Hall–Kier alpha value is -1.72. The van der Waals surface area contributed by atoms with Crippen LogP contribution in [-0.4, -0.2) is 17.1 Å². The van der Waals surface area contributed by atoms with E-state index in [1.807, 2.05) is 0 Å². The van der Waals surface area contributed by atoms with E-state index in [2.05, 4.69) is 5.32 Å². The van der Waals surface area contributed by atoms with Crippen LogP contribution in [-0.2, 0) is 4.79 Å². The van der Waals surface area contributed by atoms with Crippen molar-refractivity contribution in [2.24, 2.45) is 5.92 Å². The summed E-state index contributed by atoms with van der Waals surface area (Å²) in [7, 11) is 0. The zero-order valence-electron chi connectivity index (χ0n) is 8.71. The highest BCUT2D eigenvalue weighted by Crippen LogP contribution is 2.32. The zero-order valence-corrected chi connectivity index (χ0v) is 8.71.